The van der Waals surface area contributed by atoms with Crippen LogP contribution in [0.5, 0.6) is 0 Å². The second-order valence-electron chi connectivity index (χ2n) is 10.5. The number of nitrogen functional groups attached to an aromatic ring is 1. The summed E-state index contributed by atoms with van der Waals surface area (Å²) in [6.07, 6.45) is 0.618. The molecule has 8 heteroatoms. The van der Waals surface area contributed by atoms with Gasteiger partial charge in [-0.15, -0.1) is 11.3 Å². The number of ether oxygens (including phenoxy) is 1. The van der Waals surface area contributed by atoms with Crippen LogP contribution >= 0.6 is 11.3 Å². The van der Waals surface area contributed by atoms with Crippen LogP contribution < -0.4 is 5.73 Å². The first kappa shape index (κ1) is 25.2. The lowest BCUT2D eigenvalue weighted by Crippen LogP contribution is -2.44. The van der Waals surface area contributed by atoms with Gasteiger partial charge in [-0.25, -0.2) is 4.79 Å². The van der Waals surface area contributed by atoms with E-state index in [9.17, 15) is 14.4 Å². The second kappa shape index (κ2) is 9.43. The van der Waals surface area contributed by atoms with Crippen molar-refractivity contribution in [2.24, 2.45) is 0 Å². The minimum atomic E-state index is -0.652. The zero-order valence-electron chi connectivity index (χ0n) is 21.5. The van der Waals surface area contributed by atoms with E-state index in [1.807, 2.05) is 39.0 Å². The van der Waals surface area contributed by atoms with Gasteiger partial charge in [0.1, 0.15) is 10.6 Å². The Balaban J connectivity index is 1.55. The van der Waals surface area contributed by atoms with E-state index in [4.69, 9.17) is 10.5 Å². The number of anilines is 1. The maximum atomic E-state index is 13.3. The lowest BCUT2D eigenvalue weighted by Gasteiger charge is -2.41. The van der Waals surface area contributed by atoms with E-state index in [1.54, 1.807) is 24.3 Å². The molecule has 2 N–H and O–H groups in total. The molecule has 7 nitrogen and oxygen atoms in total. The molecule has 0 unspecified atom stereocenters. The Labute approximate surface area is 220 Å². The quantitative estimate of drug-likeness (QED) is 0.367. The van der Waals surface area contributed by atoms with Crippen LogP contribution in [0, 0.1) is 0 Å². The number of amides is 2. The average molecular weight is 518 g/mol. The smallest absolute Gasteiger partial charge is 0.341 e. The molecule has 37 heavy (non-hydrogen) atoms. The molecule has 2 aromatic carbocycles. The van der Waals surface area contributed by atoms with Crippen molar-refractivity contribution in [2.45, 2.75) is 51.8 Å². The maximum Gasteiger partial charge on any atom is 0.341 e. The van der Waals surface area contributed by atoms with E-state index in [-0.39, 0.29) is 30.4 Å². The van der Waals surface area contributed by atoms with Gasteiger partial charge < -0.3 is 10.5 Å². The van der Waals surface area contributed by atoms with E-state index < -0.39 is 11.6 Å². The zero-order valence-corrected chi connectivity index (χ0v) is 22.3. The van der Waals surface area contributed by atoms with Gasteiger partial charge in [0.25, 0.3) is 11.8 Å². The van der Waals surface area contributed by atoms with Crippen molar-refractivity contribution < 1.29 is 19.1 Å². The lowest BCUT2D eigenvalue weighted by atomic mass is 9.93. The highest BCUT2D eigenvalue weighted by atomic mass is 32.1. The van der Waals surface area contributed by atoms with Gasteiger partial charge in [0.05, 0.1) is 22.7 Å². The number of carbonyl (C=O) groups is 3. The molecule has 0 fully saturated rings. The Morgan fingerprint density at radius 1 is 1.05 bits per heavy atom. The molecule has 2 aliphatic rings. The fourth-order valence-electron chi connectivity index (χ4n) is 5.27. The molecule has 0 spiro atoms. The second-order valence-corrected chi connectivity index (χ2v) is 11.6. The predicted molar refractivity (Wildman–Crippen MR) is 144 cm³/mol. The summed E-state index contributed by atoms with van der Waals surface area (Å²) in [5.74, 6) is -1.03. The van der Waals surface area contributed by atoms with Crippen molar-refractivity contribution in [3.8, 4) is 0 Å². The first-order valence-corrected chi connectivity index (χ1v) is 13.3. The number of hydrogen-bond donors (Lipinski definition) is 1. The van der Waals surface area contributed by atoms with Crippen molar-refractivity contribution in [3.05, 3.63) is 87.3 Å². The van der Waals surface area contributed by atoms with Gasteiger partial charge in [0, 0.05) is 24.0 Å². The number of fused-ring (bicyclic) bond motifs is 2. The Kier molecular flexibility index (Phi) is 6.41. The van der Waals surface area contributed by atoms with Crippen LogP contribution in [0.1, 0.15) is 86.9 Å². The fourth-order valence-corrected chi connectivity index (χ4v) is 6.49. The molecule has 2 amide bonds. The summed E-state index contributed by atoms with van der Waals surface area (Å²) in [4.78, 5) is 44.2. The van der Waals surface area contributed by atoms with Crippen molar-refractivity contribution in [3.63, 3.8) is 0 Å². The van der Waals surface area contributed by atoms with Crippen molar-refractivity contribution in [1.29, 1.82) is 0 Å². The number of esters is 1. The standard InChI is InChI=1S/C29H31N3O4S/c1-17(18-10-6-5-7-11-18)31-15-14-21-23(28(35)36-29(2,3)4)25(30)37-24(21)22(31)16-32-26(33)19-12-8-9-13-20(19)27(32)34/h5-13,17,22H,14-16,30H2,1-4H3/t17-,22-/m0/s1. The Morgan fingerprint density at radius 3 is 2.24 bits per heavy atom. The van der Waals surface area contributed by atoms with Crippen LogP contribution in [0.25, 0.3) is 0 Å². The molecule has 192 valence electrons. The van der Waals surface area contributed by atoms with E-state index in [0.717, 1.165) is 16.0 Å². The topological polar surface area (TPSA) is 92.9 Å². The van der Waals surface area contributed by atoms with Gasteiger partial charge >= 0.3 is 5.97 Å². The summed E-state index contributed by atoms with van der Waals surface area (Å²) in [7, 11) is 0. The van der Waals surface area contributed by atoms with Gasteiger partial charge in [-0.3, -0.25) is 19.4 Å². The minimum absolute atomic E-state index is 0.0165. The number of rotatable bonds is 5. The molecule has 5 rings (SSSR count). The van der Waals surface area contributed by atoms with Gasteiger partial charge in [-0.05, 0) is 57.4 Å². The number of benzene rings is 2. The minimum Gasteiger partial charge on any atom is -0.456 e. The van der Waals surface area contributed by atoms with Gasteiger partial charge in [0.15, 0.2) is 0 Å². The predicted octanol–water partition coefficient (Wildman–Crippen LogP) is 5.24. The molecule has 0 radical (unpaired) electrons. The fraction of sp³-hybridized carbons (Fsp3) is 0.345. The van der Waals surface area contributed by atoms with Crippen molar-refractivity contribution in [2.75, 3.05) is 18.8 Å². The lowest BCUT2D eigenvalue weighted by molar-refractivity contribution is 0.00678. The summed E-state index contributed by atoms with van der Waals surface area (Å²) >= 11 is 1.35. The van der Waals surface area contributed by atoms with Crippen molar-refractivity contribution in [1.82, 2.24) is 9.80 Å². The van der Waals surface area contributed by atoms with E-state index in [1.165, 1.54) is 16.2 Å². The van der Waals surface area contributed by atoms with E-state index in [0.29, 0.717) is 34.7 Å². The third kappa shape index (κ3) is 4.55. The zero-order chi connectivity index (χ0) is 26.5. The summed E-state index contributed by atoms with van der Waals surface area (Å²) in [5, 5.41) is 0.404. The summed E-state index contributed by atoms with van der Waals surface area (Å²) in [6, 6.07) is 16.8. The number of nitrogens with zero attached hydrogens (tertiary/aromatic N) is 2. The van der Waals surface area contributed by atoms with Gasteiger partial charge in [-0.2, -0.15) is 0 Å². The Bertz CT molecular complexity index is 1340. The molecular weight excluding hydrogens is 486 g/mol. The molecule has 0 saturated heterocycles. The highest BCUT2D eigenvalue weighted by Crippen LogP contribution is 2.45. The third-order valence-corrected chi connectivity index (χ3v) is 8.17. The monoisotopic (exact) mass is 517 g/mol. The SMILES string of the molecule is C[C@@H](c1ccccc1)N1CCc2c(sc(N)c2C(=O)OC(C)(C)C)[C@@H]1CN1C(=O)c2ccccc2C1=O. The molecular formula is C29H31N3O4S. The van der Waals surface area contributed by atoms with Crippen LogP contribution in [0.2, 0.25) is 0 Å². The number of hydrogen-bond acceptors (Lipinski definition) is 7. The van der Waals surface area contributed by atoms with Crippen molar-refractivity contribution >= 4 is 34.1 Å². The maximum absolute atomic E-state index is 13.3. The van der Waals surface area contributed by atoms with E-state index in [2.05, 4.69) is 24.0 Å². The van der Waals surface area contributed by atoms with Gasteiger partial charge in [0.2, 0.25) is 0 Å². The molecule has 0 bridgehead atoms. The number of carbonyl (C=O) groups excluding carboxylic acids is 3. The van der Waals surface area contributed by atoms with Crippen LogP contribution in [-0.2, 0) is 11.2 Å². The molecule has 2 atom stereocenters. The average Bonchev–Trinajstić information content (AvgIpc) is 3.32. The number of nitrogens with two attached hydrogens (primary N) is 1. The molecule has 0 saturated carbocycles. The summed E-state index contributed by atoms with van der Waals surface area (Å²) in [5.41, 5.74) is 9.01. The number of thiophene rings is 1. The molecule has 0 aliphatic carbocycles. The molecule has 3 heterocycles. The van der Waals surface area contributed by atoms with Gasteiger partial charge in [-0.1, -0.05) is 42.5 Å². The highest BCUT2D eigenvalue weighted by Gasteiger charge is 2.42. The van der Waals surface area contributed by atoms with Crippen LogP contribution in [0.3, 0.4) is 0 Å². The van der Waals surface area contributed by atoms with Crippen LogP contribution in [0.15, 0.2) is 54.6 Å². The molecule has 1 aromatic heterocycles. The largest absolute Gasteiger partial charge is 0.456 e. The first-order chi connectivity index (χ1) is 17.6. The van der Waals surface area contributed by atoms with E-state index >= 15 is 0 Å². The normalized spacial score (nSPS) is 18.5. The first-order valence-electron chi connectivity index (χ1n) is 12.5. The Morgan fingerprint density at radius 2 is 1.65 bits per heavy atom. The van der Waals surface area contributed by atoms with Crippen LogP contribution in [0.4, 0.5) is 5.00 Å². The summed E-state index contributed by atoms with van der Waals surface area (Å²) in [6.45, 7) is 8.42. The molecule has 3 aromatic rings. The number of imide groups is 1. The Hall–Kier alpha value is -3.49. The highest BCUT2D eigenvalue weighted by molar-refractivity contribution is 7.16. The summed E-state index contributed by atoms with van der Waals surface area (Å²) < 4.78 is 5.67. The molecule has 2 aliphatic heterocycles. The van der Waals surface area contributed by atoms with Crippen LogP contribution in [-0.4, -0.2) is 46.3 Å². The third-order valence-electron chi connectivity index (χ3n) is 7.00.